The lowest BCUT2D eigenvalue weighted by Crippen LogP contribution is -2.59. The molecule has 5 heteroatoms. The highest BCUT2D eigenvalue weighted by atomic mass is 16.2. The fourth-order valence-corrected chi connectivity index (χ4v) is 4.13. The first-order chi connectivity index (χ1) is 11.1. The first-order valence-electron chi connectivity index (χ1n) is 8.07. The van der Waals surface area contributed by atoms with Crippen molar-refractivity contribution < 1.29 is 14.4 Å². The predicted octanol–water partition coefficient (Wildman–Crippen LogP) is 1.60. The van der Waals surface area contributed by atoms with Crippen LogP contribution < -0.4 is 4.90 Å². The van der Waals surface area contributed by atoms with Crippen LogP contribution in [0.4, 0.5) is 5.69 Å². The largest absolute Gasteiger partial charge is 0.335 e. The van der Waals surface area contributed by atoms with Crippen LogP contribution in [-0.2, 0) is 14.4 Å². The van der Waals surface area contributed by atoms with E-state index in [4.69, 9.17) is 0 Å². The molecular formula is C18H18N2O3. The van der Waals surface area contributed by atoms with Gasteiger partial charge in [0.05, 0.1) is 29.5 Å². The maximum Gasteiger partial charge on any atom is 0.240 e. The van der Waals surface area contributed by atoms with Gasteiger partial charge in [-0.05, 0) is 18.6 Å². The molecule has 0 radical (unpaired) electrons. The summed E-state index contributed by atoms with van der Waals surface area (Å²) in [6.45, 7) is 2.63. The van der Waals surface area contributed by atoms with Crippen LogP contribution in [0.1, 0.15) is 13.3 Å². The van der Waals surface area contributed by atoms with Crippen molar-refractivity contribution in [2.24, 2.45) is 17.8 Å². The average Bonchev–Trinajstić information content (AvgIpc) is 2.84. The van der Waals surface area contributed by atoms with E-state index in [0.717, 1.165) is 6.42 Å². The van der Waals surface area contributed by atoms with Crippen molar-refractivity contribution in [2.75, 3.05) is 11.4 Å². The number of piperidine rings is 1. The Morgan fingerprint density at radius 1 is 0.913 bits per heavy atom. The Kier molecular flexibility index (Phi) is 3.11. The van der Waals surface area contributed by atoms with E-state index in [1.54, 1.807) is 29.2 Å². The van der Waals surface area contributed by atoms with Crippen LogP contribution in [0.15, 0.2) is 42.5 Å². The topological polar surface area (TPSA) is 57.7 Å². The molecule has 3 amide bonds. The van der Waals surface area contributed by atoms with Crippen LogP contribution in [0.25, 0.3) is 0 Å². The Morgan fingerprint density at radius 3 is 2.30 bits per heavy atom. The minimum atomic E-state index is -0.543. The number of nitrogens with zero attached hydrogens (tertiary/aromatic N) is 2. The number of amides is 3. The van der Waals surface area contributed by atoms with Gasteiger partial charge in [0, 0.05) is 6.54 Å². The molecule has 0 N–H and O–H groups in total. The Balaban J connectivity index is 1.75. The summed E-state index contributed by atoms with van der Waals surface area (Å²) < 4.78 is 0. The molecule has 0 aromatic heterocycles. The molecule has 118 valence electrons. The highest BCUT2D eigenvalue weighted by Crippen LogP contribution is 2.46. The third-order valence-electron chi connectivity index (χ3n) is 5.08. The molecule has 1 aromatic rings. The number of anilines is 1. The fourth-order valence-electron chi connectivity index (χ4n) is 4.13. The molecule has 4 atom stereocenters. The Labute approximate surface area is 134 Å². The number of fused-ring (bicyclic) bond motifs is 1. The lowest BCUT2D eigenvalue weighted by molar-refractivity contribution is -0.150. The SMILES string of the molecule is CCCN1C(=O)[C@@H]2C=C[C@H]1[C@H]1C(=O)N(c3ccccc3)C(=O)[C@H]12. The fraction of sp³-hybridized carbons (Fsp3) is 0.389. The lowest BCUT2D eigenvalue weighted by Gasteiger charge is -2.45. The van der Waals surface area contributed by atoms with Gasteiger partial charge in [-0.2, -0.15) is 0 Å². The summed E-state index contributed by atoms with van der Waals surface area (Å²) >= 11 is 0. The normalized spacial score (nSPS) is 32.0. The molecule has 0 saturated carbocycles. The van der Waals surface area contributed by atoms with Crippen molar-refractivity contribution in [1.82, 2.24) is 4.90 Å². The van der Waals surface area contributed by atoms with Gasteiger partial charge < -0.3 is 4.90 Å². The van der Waals surface area contributed by atoms with Crippen LogP contribution in [-0.4, -0.2) is 35.2 Å². The highest BCUT2D eigenvalue weighted by Gasteiger charge is 2.61. The van der Waals surface area contributed by atoms with Gasteiger partial charge in [0.25, 0.3) is 0 Å². The predicted molar refractivity (Wildman–Crippen MR) is 84.3 cm³/mol. The van der Waals surface area contributed by atoms with E-state index in [9.17, 15) is 14.4 Å². The van der Waals surface area contributed by atoms with Crippen LogP contribution >= 0.6 is 0 Å². The maximum absolute atomic E-state index is 12.9. The minimum Gasteiger partial charge on any atom is -0.335 e. The Morgan fingerprint density at radius 2 is 1.61 bits per heavy atom. The van der Waals surface area contributed by atoms with Crippen LogP contribution in [0.5, 0.6) is 0 Å². The summed E-state index contributed by atoms with van der Waals surface area (Å²) in [5, 5.41) is 0. The molecule has 5 nitrogen and oxygen atoms in total. The van der Waals surface area contributed by atoms with Crippen molar-refractivity contribution >= 4 is 23.4 Å². The molecule has 5 rings (SSSR count). The van der Waals surface area contributed by atoms with Crippen molar-refractivity contribution in [1.29, 1.82) is 0 Å². The van der Waals surface area contributed by atoms with Gasteiger partial charge in [0.2, 0.25) is 17.7 Å². The average molecular weight is 310 g/mol. The van der Waals surface area contributed by atoms with Gasteiger partial charge in [-0.25, -0.2) is 4.90 Å². The molecule has 3 aliphatic heterocycles. The number of benzene rings is 1. The molecule has 1 aromatic carbocycles. The highest BCUT2D eigenvalue weighted by molar-refractivity contribution is 6.24. The third kappa shape index (κ3) is 1.82. The Hall–Kier alpha value is -2.43. The number of carbonyl (C=O) groups excluding carboxylic acids is 3. The minimum absolute atomic E-state index is 0.0170. The number of imide groups is 1. The number of hydrogen-bond acceptors (Lipinski definition) is 3. The van der Waals surface area contributed by atoms with E-state index >= 15 is 0 Å². The van der Waals surface area contributed by atoms with Gasteiger partial charge in [0.15, 0.2) is 0 Å². The van der Waals surface area contributed by atoms with E-state index < -0.39 is 17.8 Å². The molecule has 2 saturated heterocycles. The molecule has 23 heavy (non-hydrogen) atoms. The maximum atomic E-state index is 12.9. The van der Waals surface area contributed by atoms with Gasteiger partial charge in [-0.1, -0.05) is 37.3 Å². The van der Waals surface area contributed by atoms with Crippen LogP contribution in [0.3, 0.4) is 0 Å². The smallest absolute Gasteiger partial charge is 0.240 e. The van der Waals surface area contributed by atoms with E-state index in [2.05, 4.69) is 0 Å². The number of carbonyl (C=O) groups is 3. The quantitative estimate of drug-likeness (QED) is 0.629. The second-order valence-electron chi connectivity index (χ2n) is 6.33. The second kappa shape index (κ2) is 5.05. The van der Waals surface area contributed by atoms with Crippen LogP contribution in [0.2, 0.25) is 0 Å². The second-order valence-corrected chi connectivity index (χ2v) is 6.33. The summed E-state index contributed by atoms with van der Waals surface area (Å²) in [6, 6.07) is 8.68. The van der Waals surface area contributed by atoms with Crippen molar-refractivity contribution in [3.8, 4) is 0 Å². The summed E-state index contributed by atoms with van der Waals surface area (Å²) in [6.07, 6.45) is 4.59. The zero-order valence-corrected chi connectivity index (χ0v) is 12.9. The first kappa shape index (κ1) is 14.2. The zero-order chi connectivity index (χ0) is 16.1. The molecule has 0 spiro atoms. The van der Waals surface area contributed by atoms with Crippen molar-refractivity contribution in [2.45, 2.75) is 19.4 Å². The molecular weight excluding hydrogens is 292 g/mol. The molecule has 3 heterocycles. The summed E-state index contributed by atoms with van der Waals surface area (Å²) in [7, 11) is 0. The van der Waals surface area contributed by atoms with E-state index in [-0.39, 0.29) is 23.8 Å². The lowest BCUT2D eigenvalue weighted by atomic mass is 9.70. The number of para-hydroxylation sites is 1. The standard InChI is InChI=1S/C18H18N2O3/c1-2-10-19-13-9-8-12(16(19)21)14-15(13)18(23)20(17(14)22)11-6-4-3-5-7-11/h3-9,12-15H,2,10H2,1H3/t12-,13+,14+,15-/m1/s1. The summed E-state index contributed by atoms with van der Waals surface area (Å²) in [4.78, 5) is 41.4. The van der Waals surface area contributed by atoms with Crippen molar-refractivity contribution in [3.05, 3.63) is 42.5 Å². The number of rotatable bonds is 3. The molecule has 0 unspecified atom stereocenters. The zero-order valence-electron chi connectivity index (χ0n) is 12.9. The van der Waals surface area contributed by atoms with Crippen molar-refractivity contribution in [3.63, 3.8) is 0 Å². The summed E-state index contributed by atoms with van der Waals surface area (Å²) in [5.41, 5.74) is 0.589. The van der Waals surface area contributed by atoms with E-state index in [1.807, 2.05) is 25.1 Å². The molecule has 2 fully saturated rings. The Bertz CT molecular complexity index is 712. The van der Waals surface area contributed by atoms with Gasteiger partial charge in [-0.3, -0.25) is 14.4 Å². The van der Waals surface area contributed by atoms with E-state index in [1.165, 1.54) is 4.90 Å². The molecule has 1 aliphatic carbocycles. The van der Waals surface area contributed by atoms with E-state index in [0.29, 0.717) is 12.2 Å². The monoisotopic (exact) mass is 310 g/mol. The molecule has 4 aliphatic rings. The van der Waals surface area contributed by atoms with Gasteiger partial charge >= 0.3 is 0 Å². The van der Waals surface area contributed by atoms with Gasteiger partial charge in [0.1, 0.15) is 0 Å². The number of hydrogen-bond donors (Lipinski definition) is 0. The van der Waals surface area contributed by atoms with Crippen LogP contribution in [0, 0.1) is 17.8 Å². The third-order valence-corrected chi connectivity index (χ3v) is 5.08. The first-order valence-corrected chi connectivity index (χ1v) is 8.07. The summed E-state index contributed by atoms with van der Waals surface area (Å²) in [5.74, 6) is -1.92. The van der Waals surface area contributed by atoms with Gasteiger partial charge in [-0.15, -0.1) is 0 Å². The molecule has 2 bridgehead atoms.